The van der Waals surface area contributed by atoms with Gasteiger partial charge in [-0.3, -0.25) is 9.69 Å². The van der Waals surface area contributed by atoms with Crippen molar-refractivity contribution in [3.63, 3.8) is 0 Å². The van der Waals surface area contributed by atoms with Crippen LogP contribution in [0.5, 0.6) is 0 Å². The van der Waals surface area contributed by atoms with Crippen molar-refractivity contribution in [2.24, 2.45) is 0 Å². The van der Waals surface area contributed by atoms with Crippen LogP contribution in [-0.2, 0) is 19.5 Å². The predicted octanol–water partition coefficient (Wildman–Crippen LogP) is 3.73. The lowest BCUT2D eigenvalue weighted by atomic mass is 9.99. The van der Waals surface area contributed by atoms with Crippen molar-refractivity contribution in [3.8, 4) is 0 Å². The summed E-state index contributed by atoms with van der Waals surface area (Å²) in [5, 5.41) is 0. The van der Waals surface area contributed by atoms with Gasteiger partial charge in [-0.25, -0.2) is 0 Å². The molecule has 0 saturated carbocycles. The first-order valence-electron chi connectivity index (χ1n) is 8.88. The maximum absolute atomic E-state index is 12.4. The van der Waals surface area contributed by atoms with Gasteiger partial charge in [0.15, 0.2) is 0 Å². The summed E-state index contributed by atoms with van der Waals surface area (Å²) in [4.78, 5) is 16.7. The van der Waals surface area contributed by atoms with E-state index in [2.05, 4.69) is 41.3 Å². The molecule has 1 heterocycles. The maximum Gasteiger partial charge on any atom is 0.253 e. The summed E-state index contributed by atoms with van der Waals surface area (Å²) in [5.41, 5.74) is 4.97. The van der Waals surface area contributed by atoms with Gasteiger partial charge in [0.25, 0.3) is 5.91 Å². The summed E-state index contributed by atoms with van der Waals surface area (Å²) in [7, 11) is 0. The molecule has 2 aromatic carbocycles. The third kappa shape index (κ3) is 3.68. The fraction of sp³-hybridized carbons (Fsp3) is 0.381. The molecule has 3 nitrogen and oxygen atoms in total. The van der Waals surface area contributed by atoms with Crippen LogP contribution in [0, 0.1) is 0 Å². The van der Waals surface area contributed by atoms with Gasteiger partial charge in [-0.15, -0.1) is 0 Å². The van der Waals surface area contributed by atoms with Crippen molar-refractivity contribution in [1.82, 2.24) is 9.80 Å². The number of hydrogen-bond donors (Lipinski definition) is 0. The van der Waals surface area contributed by atoms with Gasteiger partial charge in [0.05, 0.1) is 0 Å². The number of amides is 1. The van der Waals surface area contributed by atoms with E-state index in [1.165, 1.54) is 16.7 Å². The van der Waals surface area contributed by atoms with Gasteiger partial charge in [0.1, 0.15) is 0 Å². The molecule has 0 radical (unpaired) electrons. The van der Waals surface area contributed by atoms with Crippen molar-refractivity contribution < 1.29 is 4.79 Å². The van der Waals surface area contributed by atoms with Crippen LogP contribution in [0.1, 0.15) is 40.9 Å². The van der Waals surface area contributed by atoms with Crippen molar-refractivity contribution in [2.45, 2.75) is 33.4 Å². The number of benzene rings is 2. The quantitative estimate of drug-likeness (QED) is 0.837. The van der Waals surface area contributed by atoms with E-state index < -0.39 is 0 Å². The standard InChI is InChI=1S/C21H26N2O/c1-3-23(4-2)21(24)19-11-9-17(10-12-19)15-22-14-13-18-7-5-6-8-20(18)16-22/h5-12H,3-4,13-16H2,1-2H3. The molecule has 0 saturated heterocycles. The molecule has 2 aromatic rings. The molecule has 0 spiro atoms. The lowest BCUT2D eigenvalue weighted by Gasteiger charge is -2.28. The molecule has 0 atom stereocenters. The number of carbonyl (C=O) groups is 1. The van der Waals surface area contributed by atoms with Crippen LogP contribution in [-0.4, -0.2) is 35.3 Å². The molecule has 1 aliphatic rings. The molecular weight excluding hydrogens is 296 g/mol. The normalized spacial score (nSPS) is 14.2. The van der Waals surface area contributed by atoms with Crippen LogP contribution < -0.4 is 0 Å². The smallest absolute Gasteiger partial charge is 0.253 e. The van der Waals surface area contributed by atoms with E-state index >= 15 is 0 Å². The first-order valence-corrected chi connectivity index (χ1v) is 8.88. The van der Waals surface area contributed by atoms with Gasteiger partial charge in [-0.2, -0.15) is 0 Å². The van der Waals surface area contributed by atoms with E-state index in [0.717, 1.165) is 44.7 Å². The van der Waals surface area contributed by atoms with Crippen LogP contribution in [0.2, 0.25) is 0 Å². The minimum Gasteiger partial charge on any atom is -0.339 e. The zero-order valence-electron chi connectivity index (χ0n) is 14.7. The minimum atomic E-state index is 0.124. The van der Waals surface area contributed by atoms with Gasteiger partial charge in [0, 0.05) is 38.3 Å². The maximum atomic E-state index is 12.4. The van der Waals surface area contributed by atoms with Gasteiger partial charge in [0.2, 0.25) is 0 Å². The fourth-order valence-electron chi connectivity index (χ4n) is 3.39. The minimum absolute atomic E-state index is 0.124. The average molecular weight is 322 g/mol. The zero-order chi connectivity index (χ0) is 16.9. The highest BCUT2D eigenvalue weighted by molar-refractivity contribution is 5.94. The van der Waals surface area contributed by atoms with E-state index in [1.807, 2.05) is 30.9 Å². The lowest BCUT2D eigenvalue weighted by Crippen LogP contribution is -2.31. The highest BCUT2D eigenvalue weighted by atomic mass is 16.2. The third-order valence-corrected chi connectivity index (χ3v) is 4.87. The van der Waals surface area contributed by atoms with Crippen LogP contribution in [0.25, 0.3) is 0 Å². The van der Waals surface area contributed by atoms with Crippen molar-refractivity contribution in [3.05, 3.63) is 70.8 Å². The number of hydrogen-bond acceptors (Lipinski definition) is 2. The Morgan fingerprint density at radius 3 is 2.33 bits per heavy atom. The highest BCUT2D eigenvalue weighted by Gasteiger charge is 2.16. The number of fused-ring (bicyclic) bond motifs is 1. The Morgan fingerprint density at radius 1 is 1.00 bits per heavy atom. The van der Waals surface area contributed by atoms with E-state index in [1.54, 1.807) is 0 Å². The third-order valence-electron chi connectivity index (χ3n) is 4.87. The van der Waals surface area contributed by atoms with E-state index in [4.69, 9.17) is 0 Å². The predicted molar refractivity (Wildman–Crippen MR) is 98.0 cm³/mol. The molecule has 0 unspecified atom stereocenters. The molecule has 126 valence electrons. The fourth-order valence-corrected chi connectivity index (χ4v) is 3.39. The van der Waals surface area contributed by atoms with Crippen LogP contribution in [0.15, 0.2) is 48.5 Å². The Hall–Kier alpha value is -2.13. The Kier molecular flexibility index (Phi) is 5.31. The Labute approximate surface area is 144 Å². The molecular formula is C21H26N2O. The molecule has 1 aliphatic heterocycles. The summed E-state index contributed by atoms with van der Waals surface area (Å²) in [6.07, 6.45) is 1.12. The van der Waals surface area contributed by atoms with Crippen molar-refractivity contribution >= 4 is 5.91 Å². The number of rotatable bonds is 5. The first-order chi connectivity index (χ1) is 11.7. The second-order valence-corrected chi connectivity index (χ2v) is 6.40. The summed E-state index contributed by atoms with van der Waals surface area (Å²) in [6, 6.07) is 16.8. The highest BCUT2D eigenvalue weighted by Crippen LogP contribution is 2.20. The second-order valence-electron chi connectivity index (χ2n) is 6.40. The SMILES string of the molecule is CCN(CC)C(=O)c1ccc(CN2CCc3ccccc3C2)cc1. The monoisotopic (exact) mass is 322 g/mol. The molecule has 0 N–H and O–H groups in total. The lowest BCUT2D eigenvalue weighted by molar-refractivity contribution is 0.0773. The zero-order valence-corrected chi connectivity index (χ0v) is 14.7. The molecule has 0 bridgehead atoms. The summed E-state index contributed by atoms with van der Waals surface area (Å²) >= 11 is 0. The van der Waals surface area contributed by atoms with E-state index in [-0.39, 0.29) is 5.91 Å². The largest absolute Gasteiger partial charge is 0.339 e. The van der Waals surface area contributed by atoms with E-state index in [9.17, 15) is 4.79 Å². The number of nitrogens with zero attached hydrogens (tertiary/aromatic N) is 2. The molecule has 3 rings (SSSR count). The average Bonchev–Trinajstić information content (AvgIpc) is 2.63. The second kappa shape index (κ2) is 7.63. The van der Waals surface area contributed by atoms with Crippen LogP contribution in [0.3, 0.4) is 0 Å². The molecule has 1 amide bonds. The molecule has 24 heavy (non-hydrogen) atoms. The van der Waals surface area contributed by atoms with Gasteiger partial charge in [-0.05, 0) is 49.1 Å². The Balaban J connectivity index is 1.64. The topological polar surface area (TPSA) is 23.6 Å². The molecule has 3 heteroatoms. The van der Waals surface area contributed by atoms with Crippen molar-refractivity contribution in [2.75, 3.05) is 19.6 Å². The summed E-state index contributed by atoms with van der Waals surface area (Å²) < 4.78 is 0. The summed E-state index contributed by atoms with van der Waals surface area (Å²) in [6.45, 7) is 8.59. The first kappa shape index (κ1) is 16.7. The van der Waals surface area contributed by atoms with Crippen LogP contribution >= 0.6 is 0 Å². The molecule has 0 fully saturated rings. The van der Waals surface area contributed by atoms with Gasteiger partial charge < -0.3 is 4.90 Å². The summed E-state index contributed by atoms with van der Waals surface area (Å²) in [5.74, 6) is 0.124. The Bertz CT molecular complexity index is 689. The molecule has 0 aromatic heterocycles. The van der Waals surface area contributed by atoms with Gasteiger partial charge in [-0.1, -0.05) is 36.4 Å². The van der Waals surface area contributed by atoms with Crippen molar-refractivity contribution in [1.29, 1.82) is 0 Å². The Morgan fingerprint density at radius 2 is 1.67 bits per heavy atom. The number of carbonyl (C=O) groups excluding carboxylic acids is 1. The van der Waals surface area contributed by atoms with Crippen LogP contribution in [0.4, 0.5) is 0 Å². The molecule has 0 aliphatic carbocycles. The van der Waals surface area contributed by atoms with E-state index in [0.29, 0.717) is 0 Å². The van der Waals surface area contributed by atoms with Gasteiger partial charge >= 0.3 is 0 Å².